The third-order valence-corrected chi connectivity index (χ3v) is 5.08. The first-order valence-electron chi connectivity index (χ1n) is 8.82. The van der Waals surface area contributed by atoms with E-state index in [1.165, 1.54) is 47.7 Å². The van der Waals surface area contributed by atoms with Crippen molar-refractivity contribution in [3.05, 3.63) is 54.1 Å². The molecule has 0 fully saturated rings. The molecule has 29 heavy (non-hydrogen) atoms. The molecule has 5 nitrogen and oxygen atoms in total. The summed E-state index contributed by atoms with van der Waals surface area (Å²) in [5.74, 6) is -0.560. The van der Waals surface area contributed by atoms with Crippen LogP contribution in [0.2, 0.25) is 0 Å². The maximum atomic E-state index is 13.5. The molecule has 0 saturated heterocycles. The Hall–Kier alpha value is -2.29. The minimum Gasteiger partial charge on any atom is -0.484 e. The number of carbonyl (C=O) groups excluding carboxylic acids is 1. The Labute approximate surface area is 178 Å². The van der Waals surface area contributed by atoms with Gasteiger partial charge >= 0.3 is 0 Å². The predicted octanol–water partition coefficient (Wildman–Crippen LogP) is 4.36. The number of hydrogen-bond donors (Lipinski definition) is 0. The monoisotopic (exact) mass is 441 g/mol. The molecule has 156 valence electrons. The van der Waals surface area contributed by atoms with E-state index in [-0.39, 0.29) is 36.6 Å². The summed E-state index contributed by atoms with van der Waals surface area (Å²) in [5.41, 5.74) is 0.645. The van der Waals surface area contributed by atoms with E-state index in [2.05, 4.69) is 4.98 Å². The van der Waals surface area contributed by atoms with Crippen LogP contribution in [0.15, 0.2) is 42.5 Å². The maximum Gasteiger partial charge on any atom is 0.266 e. The molecule has 0 aliphatic carbocycles. The van der Waals surface area contributed by atoms with Crippen molar-refractivity contribution in [2.24, 2.45) is 0 Å². The van der Waals surface area contributed by atoms with Gasteiger partial charge < -0.3 is 9.64 Å². The number of nitrogens with zero attached hydrogens (tertiary/aromatic N) is 3. The Balaban J connectivity index is 0.00000300. The lowest BCUT2D eigenvalue weighted by molar-refractivity contribution is -0.120. The molecule has 0 unspecified atom stereocenters. The van der Waals surface area contributed by atoms with E-state index in [1.54, 1.807) is 11.0 Å². The molecule has 0 spiro atoms. The second kappa shape index (κ2) is 10.5. The van der Waals surface area contributed by atoms with Crippen LogP contribution >= 0.6 is 23.7 Å². The molecule has 3 aromatic rings. The van der Waals surface area contributed by atoms with Crippen LogP contribution in [0.4, 0.5) is 13.9 Å². The summed E-state index contributed by atoms with van der Waals surface area (Å²) in [6, 6.07) is 9.85. The van der Waals surface area contributed by atoms with E-state index in [1.807, 2.05) is 19.0 Å². The van der Waals surface area contributed by atoms with Crippen LogP contribution in [-0.2, 0) is 4.79 Å². The number of thiazole rings is 1. The number of fused-ring (bicyclic) bond motifs is 1. The van der Waals surface area contributed by atoms with Crippen LogP contribution in [0, 0.1) is 11.6 Å². The van der Waals surface area contributed by atoms with Gasteiger partial charge in [0.25, 0.3) is 5.91 Å². The number of benzene rings is 2. The Morgan fingerprint density at radius 1 is 1.07 bits per heavy atom. The number of rotatable bonds is 8. The van der Waals surface area contributed by atoms with Gasteiger partial charge in [0.1, 0.15) is 17.4 Å². The summed E-state index contributed by atoms with van der Waals surface area (Å²) >= 11 is 1.27. The van der Waals surface area contributed by atoms with E-state index in [0.29, 0.717) is 27.6 Å². The Morgan fingerprint density at radius 2 is 1.76 bits per heavy atom. The fourth-order valence-electron chi connectivity index (χ4n) is 2.63. The van der Waals surface area contributed by atoms with E-state index in [4.69, 9.17) is 4.74 Å². The lowest BCUT2D eigenvalue weighted by Crippen LogP contribution is -2.36. The van der Waals surface area contributed by atoms with Crippen molar-refractivity contribution in [2.75, 3.05) is 38.7 Å². The first-order chi connectivity index (χ1) is 13.4. The van der Waals surface area contributed by atoms with Gasteiger partial charge in [0, 0.05) is 6.54 Å². The third kappa shape index (κ3) is 6.35. The van der Waals surface area contributed by atoms with Crippen LogP contribution < -0.4 is 9.64 Å². The molecule has 3 rings (SSSR count). The molecule has 0 N–H and O–H groups in total. The normalized spacial score (nSPS) is 10.8. The fraction of sp³-hybridized carbons (Fsp3) is 0.300. The number of anilines is 1. The first-order valence-corrected chi connectivity index (χ1v) is 9.63. The average molecular weight is 442 g/mol. The van der Waals surface area contributed by atoms with Gasteiger partial charge in [-0.2, -0.15) is 0 Å². The second-order valence-electron chi connectivity index (χ2n) is 6.55. The van der Waals surface area contributed by atoms with Gasteiger partial charge in [-0.1, -0.05) is 11.3 Å². The van der Waals surface area contributed by atoms with Crippen molar-refractivity contribution in [2.45, 2.75) is 6.42 Å². The van der Waals surface area contributed by atoms with Gasteiger partial charge in [0.05, 0.1) is 10.2 Å². The molecule has 0 aliphatic rings. The van der Waals surface area contributed by atoms with Gasteiger partial charge in [0.15, 0.2) is 11.7 Å². The number of halogens is 3. The number of aromatic nitrogens is 1. The number of ether oxygens (including phenoxy) is 1. The maximum absolute atomic E-state index is 13.5. The quantitative estimate of drug-likeness (QED) is 0.521. The zero-order valence-corrected chi connectivity index (χ0v) is 17.7. The number of carbonyl (C=O) groups is 1. The molecule has 0 radical (unpaired) electrons. The van der Waals surface area contributed by atoms with E-state index < -0.39 is 0 Å². The van der Waals surface area contributed by atoms with E-state index in [0.717, 1.165) is 13.0 Å². The highest BCUT2D eigenvalue weighted by Gasteiger charge is 2.20. The van der Waals surface area contributed by atoms with Crippen LogP contribution in [0.25, 0.3) is 10.2 Å². The Morgan fingerprint density at radius 3 is 2.45 bits per heavy atom. The van der Waals surface area contributed by atoms with Crippen LogP contribution in [-0.4, -0.2) is 49.6 Å². The molecular formula is C20H22ClF2N3O2S. The SMILES string of the molecule is CN(C)CCCN(C(=O)COc1ccc(F)cc1)c1nc2ccc(F)cc2s1.Cl. The molecular weight excluding hydrogens is 420 g/mol. The van der Waals surface area contributed by atoms with Crippen LogP contribution in [0.5, 0.6) is 5.75 Å². The summed E-state index contributed by atoms with van der Waals surface area (Å²) in [5, 5.41) is 0.507. The molecule has 1 aromatic heterocycles. The van der Waals surface area contributed by atoms with Crippen molar-refractivity contribution < 1.29 is 18.3 Å². The van der Waals surface area contributed by atoms with Crippen LogP contribution in [0.1, 0.15) is 6.42 Å². The Bertz CT molecular complexity index is 951. The molecule has 2 aromatic carbocycles. The summed E-state index contributed by atoms with van der Waals surface area (Å²) in [7, 11) is 3.93. The van der Waals surface area contributed by atoms with Gasteiger partial charge in [-0.15, -0.1) is 12.4 Å². The van der Waals surface area contributed by atoms with Gasteiger partial charge in [-0.25, -0.2) is 13.8 Å². The fourth-order valence-corrected chi connectivity index (χ4v) is 3.66. The van der Waals surface area contributed by atoms with E-state index in [9.17, 15) is 13.6 Å². The lowest BCUT2D eigenvalue weighted by Gasteiger charge is -2.21. The van der Waals surface area contributed by atoms with E-state index >= 15 is 0 Å². The zero-order chi connectivity index (χ0) is 20.1. The highest BCUT2D eigenvalue weighted by molar-refractivity contribution is 7.22. The molecule has 9 heteroatoms. The standard InChI is InChI=1S/C20H21F2N3O2S.ClH/c1-24(2)10-3-11-25(19(26)13-27-16-7-4-14(21)5-8-16)20-23-17-9-6-15(22)12-18(17)28-20;/h4-9,12H,3,10-11,13H2,1-2H3;1H. The van der Waals surface area contributed by atoms with Crippen molar-refractivity contribution >= 4 is 45.0 Å². The van der Waals surface area contributed by atoms with Crippen molar-refractivity contribution in [3.8, 4) is 5.75 Å². The summed E-state index contributed by atoms with van der Waals surface area (Å²) in [4.78, 5) is 20.9. The zero-order valence-electron chi connectivity index (χ0n) is 16.1. The van der Waals surface area contributed by atoms with Gasteiger partial charge in [-0.3, -0.25) is 9.69 Å². The van der Waals surface area contributed by atoms with Crippen molar-refractivity contribution in [3.63, 3.8) is 0 Å². The summed E-state index contributed by atoms with van der Waals surface area (Å²) in [6.45, 7) is 1.08. The number of hydrogen-bond acceptors (Lipinski definition) is 5. The summed E-state index contributed by atoms with van der Waals surface area (Å²) < 4.78 is 32.7. The van der Waals surface area contributed by atoms with Crippen molar-refractivity contribution in [1.82, 2.24) is 9.88 Å². The van der Waals surface area contributed by atoms with Gasteiger partial charge in [-0.05, 0) is 69.5 Å². The smallest absolute Gasteiger partial charge is 0.266 e. The molecule has 0 bridgehead atoms. The molecule has 1 heterocycles. The molecule has 0 atom stereocenters. The highest BCUT2D eigenvalue weighted by Crippen LogP contribution is 2.29. The number of amides is 1. The Kier molecular flexibility index (Phi) is 8.31. The summed E-state index contributed by atoms with van der Waals surface area (Å²) in [6.07, 6.45) is 0.750. The second-order valence-corrected chi connectivity index (χ2v) is 7.56. The average Bonchev–Trinajstić information content (AvgIpc) is 3.07. The lowest BCUT2D eigenvalue weighted by atomic mass is 10.3. The minimum atomic E-state index is -0.370. The van der Waals surface area contributed by atoms with Crippen LogP contribution in [0.3, 0.4) is 0 Å². The predicted molar refractivity (Wildman–Crippen MR) is 114 cm³/mol. The van der Waals surface area contributed by atoms with Gasteiger partial charge in [0.2, 0.25) is 0 Å². The third-order valence-electron chi connectivity index (χ3n) is 4.03. The minimum absolute atomic E-state index is 0. The molecule has 1 amide bonds. The topological polar surface area (TPSA) is 45.7 Å². The largest absolute Gasteiger partial charge is 0.484 e. The molecule has 0 aliphatic heterocycles. The first kappa shape index (κ1) is 23.0. The highest BCUT2D eigenvalue weighted by atomic mass is 35.5. The van der Waals surface area contributed by atoms with Crippen molar-refractivity contribution in [1.29, 1.82) is 0 Å². The molecule has 0 saturated carbocycles.